The molecule has 3 rings (SSSR count). The van der Waals surface area contributed by atoms with Gasteiger partial charge in [-0.05, 0) is 18.8 Å². The number of rotatable bonds is 2. The lowest BCUT2D eigenvalue weighted by atomic mass is 9.97. The lowest BCUT2D eigenvalue weighted by molar-refractivity contribution is 0.0685. The van der Waals surface area contributed by atoms with Crippen molar-refractivity contribution in [2.75, 3.05) is 0 Å². The molecule has 6 heteroatoms. The van der Waals surface area contributed by atoms with E-state index in [2.05, 4.69) is 15.3 Å². The molecule has 17 heavy (non-hydrogen) atoms. The Balaban J connectivity index is 2.22. The van der Waals surface area contributed by atoms with Crippen LogP contribution in [0.25, 0.3) is 5.65 Å². The van der Waals surface area contributed by atoms with E-state index >= 15 is 0 Å². The van der Waals surface area contributed by atoms with Crippen LogP contribution in [0, 0.1) is 0 Å². The summed E-state index contributed by atoms with van der Waals surface area (Å²) in [6.45, 7) is 0. The molecule has 1 fully saturated rings. The maximum absolute atomic E-state index is 11.4. The van der Waals surface area contributed by atoms with Gasteiger partial charge in [-0.25, -0.2) is 9.78 Å². The van der Waals surface area contributed by atoms with E-state index in [0.29, 0.717) is 11.6 Å². The second-order valence-corrected chi connectivity index (χ2v) is 4.35. The van der Waals surface area contributed by atoms with Crippen LogP contribution in [-0.2, 0) is 0 Å². The first kappa shape index (κ1) is 10.2. The molecule has 0 aliphatic heterocycles. The average Bonchev–Trinajstić information content (AvgIpc) is 2.98. The normalized spacial score (nSPS) is 16.7. The highest BCUT2D eigenvalue weighted by Crippen LogP contribution is 2.35. The third-order valence-corrected chi connectivity index (χ3v) is 3.35. The van der Waals surface area contributed by atoms with E-state index in [0.717, 1.165) is 31.2 Å². The molecule has 2 heterocycles. The first-order chi connectivity index (χ1) is 8.27. The van der Waals surface area contributed by atoms with Gasteiger partial charge >= 0.3 is 5.97 Å². The summed E-state index contributed by atoms with van der Waals surface area (Å²) in [5.74, 6) is -0.674. The Kier molecular flexibility index (Phi) is 2.28. The van der Waals surface area contributed by atoms with Gasteiger partial charge in [0.05, 0.1) is 6.20 Å². The predicted octanol–water partition coefficient (Wildman–Crippen LogP) is 1.48. The molecule has 1 aliphatic carbocycles. The second kappa shape index (κ2) is 3.80. The standard InChI is InChI=1S/C11H12N4O2/c16-11(17)10-8(7-3-1-2-4-7)5-12-9-6-13-14-15(9)10/h5-7H,1-4H2,(H,16,17). The van der Waals surface area contributed by atoms with Crippen LogP contribution in [0.5, 0.6) is 0 Å². The SMILES string of the molecule is O=C(O)c1c(C2CCCC2)cnc2cnnn12. The molecule has 1 aliphatic rings. The minimum Gasteiger partial charge on any atom is -0.476 e. The molecule has 0 spiro atoms. The van der Waals surface area contributed by atoms with Gasteiger partial charge in [0.25, 0.3) is 0 Å². The second-order valence-electron chi connectivity index (χ2n) is 4.35. The van der Waals surface area contributed by atoms with Gasteiger partial charge in [-0.2, -0.15) is 4.52 Å². The maximum atomic E-state index is 11.4. The molecule has 0 atom stereocenters. The zero-order valence-electron chi connectivity index (χ0n) is 9.20. The van der Waals surface area contributed by atoms with Crippen molar-refractivity contribution in [3.05, 3.63) is 23.7 Å². The van der Waals surface area contributed by atoms with Crippen molar-refractivity contribution in [2.24, 2.45) is 0 Å². The molecule has 0 aromatic carbocycles. The van der Waals surface area contributed by atoms with Crippen LogP contribution >= 0.6 is 0 Å². The molecule has 2 aromatic rings. The van der Waals surface area contributed by atoms with E-state index in [4.69, 9.17) is 0 Å². The number of hydrogen-bond donors (Lipinski definition) is 1. The number of aromatic carboxylic acids is 1. The number of carboxylic acids is 1. The quantitative estimate of drug-likeness (QED) is 0.848. The summed E-state index contributed by atoms with van der Waals surface area (Å²) in [5.41, 5.74) is 1.47. The van der Waals surface area contributed by atoms with Crippen LogP contribution in [0.4, 0.5) is 0 Å². The number of hydrogen-bond acceptors (Lipinski definition) is 4. The maximum Gasteiger partial charge on any atom is 0.355 e. The monoisotopic (exact) mass is 232 g/mol. The first-order valence-electron chi connectivity index (χ1n) is 5.70. The van der Waals surface area contributed by atoms with Crippen molar-refractivity contribution in [3.63, 3.8) is 0 Å². The fourth-order valence-corrected chi connectivity index (χ4v) is 2.55. The van der Waals surface area contributed by atoms with E-state index in [1.54, 1.807) is 6.20 Å². The Labute approximate surface area is 97.3 Å². The molecule has 2 aromatic heterocycles. The van der Waals surface area contributed by atoms with E-state index in [1.807, 2.05) is 0 Å². The lowest BCUT2D eigenvalue weighted by Gasteiger charge is -2.12. The summed E-state index contributed by atoms with van der Waals surface area (Å²) >= 11 is 0. The van der Waals surface area contributed by atoms with Crippen LogP contribution in [0.1, 0.15) is 47.7 Å². The van der Waals surface area contributed by atoms with Crippen LogP contribution < -0.4 is 0 Å². The van der Waals surface area contributed by atoms with E-state index in [-0.39, 0.29) is 5.69 Å². The molecule has 1 saturated carbocycles. The van der Waals surface area contributed by atoms with Gasteiger partial charge < -0.3 is 5.11 Å². The summed E-state index contributed by atoms with van der Waals surface area (Å²) in [5, 5.41) is 16.8. The largest absolute Gasteiger partial charge is 0.476 e. The third kappa shape index (κ3) is 1.56. The Hall–Kier alpha value is -1.98. The lowest BCUT2D eigenvalue weighted by Crippen LogP contribution is -2.13. The highest BCUT2D eigenvalue weighted by atomic mass is 16.4. The van der Waals surface area contributed by atoms with Crippen molar-refractivity contribution >= 4 is 11.6 Å². The molecule has 6 nitrogen and oxygen atoms in total. The molecule has 88 valence electrons. The van der Waals surface area contributed by atoms with Gasteiger partial charge in [0, 0.05) is 11.8 Å². The van der Waals surface area contributed by atoms with E-state index < -0.39 is 5.97 Å². The van der Waals surface area contributed by atoms with E-state index in [9.17, 15) is 9.90 Å². The topological polar surface area (TPSA) is 80.4 Å². The highest BCUT2D eigenvalue weighted by molar-refractivity contribution is 5.88. The molecule has 0 bridgehead atoms. The number of carbonyl (C=O) groups is 1. The fraction of sp³-hybridized carbons (Fsp3) is 0.455. The van der Waals surface area contributed by atoms with Gasteiger partial charge in [-0.15, -0.1) is 5.10 Å². The number of aromatic nitrogens is 4. The zero-order valence-corrected chi connectivity index (χ0v) is 9.20. The van der Waals surface area contributed by atoms with Gasteiger partial charge in [-0.3, -0.25) is 0 Å². The van der Waals surface area contributed by atoms with Gasteiger partial charge in [-0.1, -0.05) is 18.1 Å². The smallest absolute Gasteiger partial charge is 0.355 e. The molecule has 0 radical (unpaired) electrons. The van der Waals surface area contributed by atoms with Crippen molar-refractivity contribution in [2.45, 2.75) is 31.6 Å². The zero-order chi connectivity index (χ0) is 11.8. The van der Waals surface area contributed by atoms with Crippen molar-refractivity contribution in [3.8, 4) is 0 Å². The highest BCUT2D eigenvalue weighted by Gasteiger charge is 2.25. The average molecular weight is 232 g/mol. The molecule has 0 unspecified atom stereocenters. The summed E-state index contributed by atoms with van der Waals surface area (Å²) in [6, 6.07) is 0. The van der Waals surface area contributed by atoms with Crippen LogP contribution in [-0.4, -0.2) is 30.9 Å². The van der Waals surface area contributed by atoms with Crippen LogP contribution in [0.15, 0.2) is 12.4 Å². The van der Waals surface area contributed by atoms with Gasteiger partial charge in [0.15, 0.2) is 11.3 Å². The molecule has 0 saturated heterocycles. The Morgan fingerprint density at radius 3 is 2.82 bits per heavy atom. The van der Waals surface area contributed by atoms with Crippen molar-refractivity contribution in [1.82, 2.24) is 19.8 Å². The summed E-state index contributed by atoms with van der Waals surface area (Å²) in [4.78, 5) is 15.6. The van der Waals surface area contributed by atoms with Crippen molar-refractivity contribution < 1.29 is 9.90 Å². The Bertz CT molecular complexity index is 572. The van der Waals surface area contributed by atoms with Crippen molar-refractivity contribution in [1.29, 1.82) is 0 Å². The van der Waals surface area contributed by atoms with Crippen LogP contribution in [0.2, 0.25) is 0 Å². The first-order valence-corrected chi connectivity index (χ1v) is 5.70. The molecular formula is C11H12N4O2. The molecule has 0 amide bonds. The summed E-state index contributed by atoms with van der Waals surface area (Å²) in [7, 11) is 0. The van der Waals surface area contributed by atoms with E-state index in [1.165, 1.54) is 10.7 Å². The number of nitrogens with zero attached hydrogens (tertiary/aromatic N) is 4. The van der Waals surface area contributed by atoms with Gasteiger partial charge in [0.1, 0.15) is 0 Å². The number of carboxylic acid groups (broad SMARTS) is 1. The summed E-state index contributed by atoms with van der Waals surface area (Å²) < 4.78 is 1.32. The summed E-state index contributed by atoms with van der Waals surface area (Å²) in [6.07, 6.45) is 7.49. The van der Waals surface area contributed by atoms with Gasteiger partial charge in [0.2, 0.25) is 0 Å². The minimum atomic E-state index is -0.968. The predicted molar refractivity (Wildman–Crippen MR) is 59.0 cm³/mol. The minimum absolute atomic E-state index is 0.208. The third-order valence-electron chi connectivity index (χ3n) is 3.35. The fourth-order valence-electron chi connectivity index (χ4n) is 2.55. The molecular weight excluding hydrogens is 220 g/mol. The Morgan fingerprint density at radius 1 is 1.35 bits per heavy atom. The Morgan fingerprint density at radius 2 is 2.12 bits per heavy atom. The number of fused-ring (bicyclic) bond motifs is 1. The molecule has 1 N–H and O–H groups in total. The van der Waals surface area contributed by atoms with Crippen LogP contribution in [0.3, 0.4) is 0 Å².